The van der Waals surface area contributed by atoms with Crippen LogP contribution < -0.4 is 14.8 Å². The van der Waals surface area contributed by atoms with Crippen molar-refractivity contribution < 1.29 is 19.0 Å². The third-order valence-electron chi connectivity index (χ3n) is 3.99. The Balaban J connectivity index is 2.00. The lowest BCUT2D eigenvalue weighted by Gasteiger charge is -2.16. The highest BCUT2D eigenvalue weighted by Crippen LogP contribution is 2.29. The minimum Gasteiger partial charge on any atom is -0.493 e. The van der Waals surface area contributed by atoms with Crippen molar-refractivity contribution in [2.75, 3.05) is 13.7 Å². The van der Waals surface area contributed by atoms with Crippen molar-refractivity contribution >= 4 is 17.5 Å². The van der Waals surface area contributed by atoms with Crippen LogP contribution in [0.25, 0.3) is 0 Å². The molecule has 1 unspecified atom stereocenters. The van der Waals surface area contributed by atoms with Crippen LogP contribution in [0.1, 0.15) is 38.0 Å². The number of halogens is 1. The Kier molecular flexibility index (Phi) is 8.69. The van der Waals surface area contributed by atoms with Crippen LogP contribution >= 0.6 is 11.6 Å². The molecule has 1 N–H and O–H groups in total. The van der Waals surface area contributed by atoms with Crippen LogP contribution in [0, 0.1) is 12.0 Å². The SMILES string of the molecule is CC#COC(C(=O)NCCc1ccc(OC(C)C)c(OC)c1)c1ccc(Cl)cc1. The summed E-state index contributed by atoms with van der Waals surface area (Å²) in [6.45, 7) is 6.02. The monoisotopic (exact) mass is 415 g/mol. The lowest BCUT2D eigenvalue weighted by Crippen LogP contribution is -2.31. The lowest BCUT2D eigenvalue weighted by molar-refractivity contribution is -0.129. The van der Waals surface area contributed by atoms with Gasteiger partial charge in [0, 0.05) is 24.1 Å². The molecule has 2 rings (SSSR count). The molecule has 0 aliphatic heterocycles. The van der Waals surface area contributed by atoms with Crippen molar-refractivity contribution in [2.24, 2.45) is 0 Å². The molecule has 154 valence electrons. The van der Waals surface area contributed by atoms with Crippen molar-refractivity contribution in [3.8, 4) is 23.5 Å². The molecule has 29 heavy (non-hydrogen) atoms. The summed E-state index contributed by atoms with van der Waals surface area (Å²) in [6, 6.07) is 12.7. The maximum Gasteiger partial charge on any atom is 0.266 e. The maximum atomic E-state index is 12.6. The fourth-order valence-corrected chi connectivity index (χ4v) is 2.80. The predicted molar refractivity (Wildman–Crippen MR) is 114 cm³/mol. The summed E-state index contributed by atoms with van der Waals surface area (Å²) in [4.78, 5) is 12.6. The second-order valence-corrected chi connectivity index (χ2v) is 7.03. The molecule has 2 aromatic rings. The van der Waals surface area contributed by atoms with E-state index in [-0.39, 0.29) is 12.0 Å². The van der Waals surface area contributed by atoms with Crippen molar-refractivity contribution in [1.29, 1.82) is 0 Å². The fourth-order valence-electron chi connectivity index (χ4n) is 2.67. The molecule has 0 bridgehead atoms. The highest BCUT2D eigenvalue weighted by Gasteiger charge is 2.21. The van der Waals surface area contributed by atoms with Crippen molar-refractivity contribution in [3.05, 3.63) is 58.6 Å². The zero-order valence-electron chi connectivity index (χ0n) is 17.1. The van der Waals surface area contributed by atoms with Gasteiger partial charge in [0.05, 0.1) is 13.2 Å². The highest BCUT2D eigenvalue weighted by molar-refractivity contribution is 6.30. The van der Waals surface area contributed by atoms with Crippen LogP contribution in [0.4, 0.5) is 0 Å². The summed E-state index contributed by atoms with van der Waals surface area (Å²) in [7, 11) is 1.61. The van der Waals surface area contributed by atoms with Crippen molar-refractivity contribution in [1.82, 2.24) is 5.32 Å². The first kappa shape index (κ1) is 22.4. The number of nitrogens with one attached hydrogen (secondary N) is 1. The van der Waals surface area contributed by atoms with Gasteiger partial charge in [0.1, 0.15) is 6.11 Å². The van der Waals surface area contributed by atoms with Crippen molar-refractivity contribution in [2.45, 2.75) is 39.4 Å². The molecule has 0 saturated carbocycles. The van der Waals surface area contributed by atoms with Crippen LogP contribution in [0.5, 0.6) is 11.5 Å². The molecule has 1 amide bonds. The van der Waals surface area contributed by atoms with E-state index < -0.39 is 6.10 Å². The van der Waals surface area contributed by atoms with Crippen LogP contribution in [0.3, 0.4) is 0 Å². The Morgan fingerprint density at radius 2 is 1.86 bits per heavy atom. The molecule has 0 fully saturated rings. The zero-order valence-corrected chi connectivity index (χ0v) is 17.9. The Hall–Kier alpha value is -2.84. The summed E-state index contributed by atoms with van der Waals surface area (Å²) in [5, 5.41) is 3.49. The fraction of sp³-hybridized carbons (Fsp3) is 0.348. The van der Waals surface area contributed by atoms with E-state index in [1.54, 1.807) is 38.3 Å². The van der Waals surface area contributed by atoms with Gasteiger partial charge >= 0.3 is 0 Å². The van der Waals surface area contributed by atoms with Gasteiger partial charge in [0.15, 0.2) is 11.5 Å². The van der Waals surface area contributed by atoms with Gasteiger partial charge in [-0.05, 0) is 50.1 Å². The molecule has 2 aromatic carbocycles. The van der Waals surface area contributed by atoms with Gasteiger partial charge in [-0.2, -0.15) is 0 Å². The lowest BCUT2D eigenvalue weighted by atomic mass is 10.1. The van der Waals surface area contributed by atoms with Gasteiger partial charge in [-0.25, -0.2) is 0 Å². The molecule has 6 heteroatoms. The Morgan fingerprint density at radius 1 is 1.14 bits per heavy atom. The Labute approximate surface area is 177 Å². The summed E-state index contributed by atoms with van der Waals surface area (Å²) in [6.07, 6.45) is 2.39. The summed E-state index contributed by atoms with van der Waals surface area (Å²) in [5.74, 6) is 3.75. The van der Waals surface area contributed by atoms with Crippen LogP contribution in [-0.4, -0.2) is 25.7 Å². The molecule has 0 heterocycles. The van der Waals surface area contributed by atoms with E-state index in [0.717, 1.165) is 5.56 Å². The van der Waals surface area contributed by atoms with Gasteiger partial charge in [-0.1, -0.05) is 35.7 Å². The number of amides is 1. The highest BCUT2D eigenvalue weighted by atomic mass is 35.5. The average Bonchev–Trinajstić information content (AvgIpc) is 2.70. The van der Waals surface area contributed by atoms with E-state index in [2.05, 4.69) is 17.3 Å². The smallest absolute Gasteiger partial charge is 0.266 e. The predicted octanol–water partition coefficient (Wildman–Crippen LogP) is 4.53. The van der Waals surface area contributed by atoms with Crippen molar-refractivity contribution in [3.63, 3.8) is 0 Å². The van der Waals surface area contributed by atoms with Crippen LogP contribution in [0.2, 0.25) is 5.02 Å². The topological polar surface area (TPSA) is 56.8 Å². The molecular weight excluding hydrogens is 390 g/mol. The van der Waals surface area contributed by atoms with E-state index in [4.69, 9.17) is 25.8 Å². The molecule has 5 nitrogen and oxygen atoms in total. The number of hydrogen-bond donors (Lipinski definition) is 1. The average molecular weight is 416 g/mol. The number of rotatable bonds is 9. The standard InChI is InChI=1S/C23H26ClNO4/c1-5-14-28-22(18-7-9-19(24)10-8-18)23(26)25-13-12-17-6-11-20(29-16(2)3)21(15-17)27-4/h6-11,15-16,22H,12-13H2,1-4H3,(H,25,26). The second kappa shape index (κ2) is 11.2. The number of benzene rings is 2. The Bertz CT molecular complexity index is 869. The number of carbonyl (C=O) groups is 1. The van der Waals surface area contributed by atoms with Gasteiger partial charge < -0.3 is 19.5 Å². The second-order valence-electron chi connectivity index (χ2n) is 6.59. The quantitative estimate of drug-likeness (QED) is 0.611. The number of ether oxygens (including phenoxy) is 3. The minimum atomic E-state index is -0.823. The third kappa shape index (κ3) is 6.92. The van der Waals surface area contributed by atoms with Crippen LogP contribution in [-0.2, 0) is 16.0 Å². The normalized spacial score (nSPS) is 11.2. The third-order valence-corrected chi connectivity index (χ3v) is 4.25. The molecule has 0 saturated heterocycles. The molecular formula is C23H26ClNO4. The largest absolute Gasteiger partial charge is 0.493 e. The minimum absolute atomic E-state index is 0.0602. The molecule has 0 spiro atoms. The van der Waals surface area contributed by atoms with Gasteiger partial charge in [0.25, 0.3) is 5.91 Å². The van der Waals surface area contributed by atoms with E-state index in [0.29, 0.717) is 35.1 Å². The maximum absolute atomic E-state index is 12.6. The van der Waals surface area contributed by atoms with Gasteiger partial charge in [0.2, 0.25) is 6.10 Å². The molecule has 0 aliphatic carbocycles. The number of methoxy groups -OCH3 is 1. The van der Waals surface area contributed by atoms with E-state index >= 15 is 0 Å². The molecule has 0 aliphatic rings. The van der Waals surface area contributed by atoms with Gasteiger partial charge in [-0.15, -0.1) is 0 Å². The van der Waals surface area contributed by atoms with Gasteiger partial charge in [-0.3, -0.25) is 4.79 Å². The molecule has 0 radical (unpaired) electrons. The first-order valence-electron chi connectivity index (χ1n) is 9.38. The van der Waals surface area contributed by atoms with Crippen LogP contribution in [0.15, 0.2) is 42.5 Å². The first-order valence-corrected chi connectivity index (χ1v) is 9.76. The first-order chi connectivity index (χ1) is 13.9. The summed E-state index contributed by atoms with van der Waals surface area (Å²) in [5.41, 5.74) is 1.71. The molecule has 0 aromatic heterocycles. The van der Waals surface area contributed by atoms with E-state index in [1.165, 1.54) is 0 Å². The number of carbonyl (C=O) groups excluding carboxylic acids is 1. The molecule has 1 atom stereocenters. The van der Waals surface area contributed by atoms with E-state index in [9.17, 15) is 4.79 Å². The zero-order chi connectivity index (χ0) is 21.2. The number of hydrogen-bond acceptors (Lipinski definition) is 4. The summed E-state index contributed by atoms with van der Waals surface area (Å²) >= 11 is 5.93. The van der Waals surface area contributed by atoms with E-state index in [1.807, 2.05) is 32.0 Å². The Morgan fingerprint density at radius 3 is 2.48 bits per heavy atom. The summed E-state index contributed by atoms with van der Waals surface area (Å²) < 4.78 is 16.6.